The van der Waals surface area contributed by atoms with Crippen LogP contribution >= 0.6 is 0 Å². The smallest absolute Gasteiger partial charge is 0.216 e. The Kier molecular flexibility index (Phi) is 6.74. The number of aromatic nitrogens is 4. The SMILES string of the molecule is CCCCCOc1ccc(-c2ccccc2)cc1NC=C(C#N)c1nn[nH]n1. The van der Waals surface area contributed by atoms with Gasteiger partial charge in [-0.1, -0.05) is 56.2 Å². The number of nitrogens with one attached hydrogen (secondary N) is 2. The van der Waals surface area contributed by atoms with Gasteiger partial charge >= 0.3 is 0 Å². The molecule has 0 bridgehead atoms. The summed E-state index contributed by atoms with van der Waals surface area (Å²) in [6, 6.07) is 18.2. The summed E-state index contributed by atoms with van der Waals surface area (Å²) < 4.78 is 5.96. The van der Waals surface area contributed by atoms with E-state index in [9.17, 15) is 5.26 Å². The summed E-state index contributed by atoms with van der Waals surface area (Å²) in [7, 11) is 0. The Morgan fingerprint density at radius 2 is 2.04 bits per heavy atom. The molecule has 1 aromatic heterocycles. The third-order valence-electron chi connectivity index (χ3n) is 4.17. The highest BCUT2D eigenvalue weighted by Gasteiger charge is 2.09. The van der Waals surface area contributed by atoms with E-state index in [1.807, 2.05) is 36.4 Å². The van der Waals surface area contributed by atoms with Crippen molar-refractivity contribution in [2.75, 3.05) is 11.9 Å². The molecule has 28 heavy (non-hydrogen) atoms. The van der Waals surface area contributed by atoms with E-state index in [1.54, 1.807) is 6.20 Å². The van der Waals surface area contributed by atoms with E-state index in [-0.39, 0.29) is 11.4 Å². The van der Waals surface area contributed by atoms with Gasteiger partial charge in [0, 0.05) is 6.20 Å². The number of allylic oxidation sites excluding steroid dienone is 1. The zero-order chi connectivity index (χ0) is 19.6. The number of hydrogen-bond donors (Lipinski definition) is 2. The second kappa shape index (κ2) is 9.88. The Morgan fingerprint density at radius 3 is 2.75 bits per heavy atom. The van der Waals surface area contributed by atoms with Crippen LogP contribution in [0.1, 0.15) is 32.0 Å². The van der Waals surface area contributed by atoms with Crippen LogP contribution in [0, 0.1) is 11.3 Å². The molecule has 1 heterocycles. The maximum absolute atomic E-state index is 9.37. The number of nitrogens with zero attached hydrogens (tertiary/aromatic N) is 4. The minimum Gasteiger partial charge on any atom is -0.491 e. The summed E-state index contributed by atoms with van der Waals surface area (Å²) in [4.78, 5) is 0. The van der Waals surface area contributed by atoms with Gasteiger partial charge in [-0.25, -0.2) is 0 Å². The van der Waals surface area contributed by atoms with Crippen LogP contribution < -0.4 is 10.1 Å². The summed E-state index contributed by atoms with van der Waals surface area (Å²) in [6.45, 7) is 2.81. The Balaban J connectivity index is 1.87. The molecule has 7 heteroatoms. The Bertz CT molecular complexity index is 945. The van der Waals surface area contributed by atoms with Crippen molar-refractivity contribution in [3.8, 4) is 22.9 Å². The van der Waals surface area contributed by atoms with Crippen LogP contribution in [0.3, 0.4) is 0 Å². The predicted octanol–water partition coefficient (Wildman–Crippen LogP) is 4.41. The minimum absolute atomic E-state index is 0.236. The Hall–Kier alpha value is -3.66. The van der Waals surface area contributed by atoms with Crippen LogP contribution in [0.15, 0.2) is 54.7 Å². The first kappa shape index (κ1) is 19.1. The molecule has 3 aromatic rings. The average Bonchev–Trinajstić information content (AvgIpc) is 3.27. The number of benzene rings is 2. The third kappa shape index (κ3) is 4.95. The van der Waals surface area contributed by atoms with Crippen LogP contribution in [0.4, 0.5) is 5.69 Å². The van der Waals surface area contributed by atoms with Crippen molar-refractivity contribution in [2.24, 2.45) is 0 Å². The van der Waals surface area contributed by atoms with Crippen molar-refractivity contribution < 1.29 is 4.74 Å². The molecule has 0 unspecified atom stereocenters. The number of H-pyrrole nitrogens is 1. The number of unbranched alkanes of at least 4 members (excludes halogenated alkanes) is 2. The van der Waals surface area contributed by atoms with Gasteiger partial charge in [0.15, 0.2) is 0 Å². The molecule has 0 atom stereocenters. The van der Waals surface area contributed by atoms with Gasteiger partial charge in [0.25, 0.3) is 0 Å². The van der Waals surface area contributed by atoms with E-state index in [1.165, 1.54) is 0 Å². The zero-order valence-corrected chi connectivity index (χ0v) is 15.7. The van der Waals surface area contributed by atoms with Gasteiger partial charge in [-0.2, -0.15) is 10.5 Å². The normalized spacial score (nSPS) is 11.1. The molecule has 0 fully saturated rings. The highest BCUT2D eigenvalue weighted by atomic mass is 16.5. The van der Waals surface area contributed by atoms with Gasteiger partial charge < -0.3 is 10.1 Å². The summed E-state index contributed by atoms with van der Waals surface area (Å²) in [5.74, 6) is 0.970. The van der Waals surface area contributed by atoms with Crippen LogP contribution in [-0.4, -0.2) is 27.2 Å². The lowest BCUT2D eigenvalue weighted by Crippen LogP contribution is -2.01. The number of aromatic amines is 1. The molecule has 142 valence electrons. The molecule has 0 aliphatic carbocycles. The zero-order valence-electron chi connectivity index (χ0n) is 15.7. The first-order valence-corrected chi connectivity index (χ1v) is 9.24. The van der Waals surface area contributed by atoms with Crippen LogP contribution in [0.5, 0.6) is 5.75 Å². The van der Waals surface area contributed by atoms with Crippen molar-refractivity contribution in [2.45, 2.75) is 26.2 Å². The summed E-state index contributed by atoms with van der Waals surface area (Å²) >= 11 is 0. The van der Waals surface area contributed by atoms with Crippen molar-refractivity contribution in [3.63, 3.8) is 0 Å². The Morgan fingerprint density at radius 1 is 1.18 bits per heavy atom. The Labute approximate surface area is 164 Å². The average molecular weight is 374 g/mol. The van der Waals surface area contributed by atoms with Gasteiger partial charge in [-0.05, 0) is 34.9 Å². The largest absolute Gasteiger partial charge is 0.491 e. The monoisotopic (exact) mass is 374 g/mol. The molecule has 2 aromatic carbocycles. The van der Waals surface area contributed by atoms with E-state index < -0.39 is 0 Å². The lowest BCUT2D eigenvalue weighted by molar-refractivity contribution is 0.308. The van der Waals surface area contributed by atoms with Gasteiger partial charge in [0.05, 0.1) is 12.3 Å². The van der Waals surface area contributed by atoms with Crippen molar-refractivity contribution >= 4 is 11.3 Å². The number of anilines is 1. The quantitative estimate of drug-likeness (QED) is 0.425. The first-order chi connectivity index (χ1) is 13.8. The molecule has 0 aliphatic rings. The highest BCUT2D eigenvalue weighted by molar-refractivity contribution is 5.77. The van der Waals surface area contributed by atoms with Gasteiger partial charge in [-0.3, -0.25) is 0 Å². The maximum atomic E-state index is 9.37. The summed E-state index contributed by atoms with van der Waals surface area (Å²) in [6.07, 6.45) is 4.83. The van der Waals surface area contributed by atoms with Crippen molar-refractivity contribution in [1.82, 2.24) is 20.6 Å². The standard InChI is InChI=1S/C21H22N6O/c1-2-3-7-12-28-20-11-10-17(16-8-5-4-6-9-16)13-19(20)23-15-18(14-22)21-24-26-27-25-21/h4-6,8-11,13,15,23H,2-3,7,12H2,1H3,(H,24,25,26,27). The summed E-state index contributed by atoms with van der Waals surface area (Å²) in [5, 5.41) is 26.1. The van der Waals surface area contributed by atoms with Crippen molar-refractivity contribution in [1.29, 1.82) is 5.26 Å². The molecule has 0 aliphatic heterocycles. The molecule has 0 spiro atoms. The first-order valence-electron chi connectivity index (χ1n) is 9.24. The number of ether oxygens (including phenoxy) is 1. The van der Waals surface area contributed by atoms with Crippen LogP contribution in [0.2, 0.25) is 0 Å². The highest BCUT2D eigenvalue weighted by Crippen LogP contribution is 2.31. The van der Waals surface area contributed by atoms with Gasteiger partial charge in [-0.15, -0.1) is 10.2 Å². The molecule has 0 saturated heterocycles. The molecule has 0 radical (unpaired) electrons. The summed E-state index contributed by atoms with van der Waals surface area (Å²) in [5.41, 5.74) is 3.20. The maximum Gasteiger partial charge on any atom is 0.216 e. The molecular formula is C21H22N6O. The lowest BCUT2D eigenvalue weighted by atomic mass is 10.0. The molecular weight excluding hydrogens is 352 g/mol. The minimum atomic E-state index is 0.236. The van der Waals surface area contributed by atoms with Gasteiger partial charge in [0.1, 0.15) is 17.4 Å². The second-order valence-electron chi connectivity index (χ2n) is 6.18. The topological polar surface area (TPSA) is 99.5 Å². The predicted molar refractivity (Wildman–Crippen MR) is 108 cm³/mol. The molecule has 2 N–H and O–H groups in total. The van der Waals surface area contributed by atoms with E-state index in [2.05, 4.69) is 51.1 Å². The van der Waals surface area contributed by atoms with E-state index >= 15 is 0 Å². The number of tetrazole rings is 1. The fourth-order valence-corrected chi connectivity index (χ4v) is 2.69. The van der Waals surface area contributed by atoms with Crippen LogP contribution in [-0.2, 0) is 0 Å². The number of rotatable bonds is 9. The molecule has 7 nitrogen and oxygen atoms in total. The fourth-order valence-electron chi connectivity index (χ4n) is 2.69. The molecule has 0 saturated carbocycles. The number of nitriles is 1. The fraction of sp³-hybridized carbons (Fsp3) is 0.238. The second-order valence-corrected chi connectivity index (χ2v) is 6.18. The number of hydrogen-bond acceptors (Lipinski definition) is 6. The van der Waals surface area contributed by atoms with Crippen LogP contribution in [0.25, 0.3) is 16.7 Å². The lowest BCUT2D eigenvalue weighted by Gasteiger charge is -2.13. The molecule has 3 rings (SSSR count). The van der Waals surface area contributed by atoms with E-state index in [0.717, 1.165) is 41.8 Å². The van der Waals surface area contributed by atoms with Gasteiger partial charge in [0.2, 0.25) is 5.82 Å². The van der Waals surface area contributed by atoms with Crippen molar-refractivity contribution in [3.05, 3.63) is 60.6 Å². The van der Waals surface area contributed by atoms with E-state index in [4.69, 9.17) is 4.74 Å². The molecule has 0 amide bonds. The van der Waals surface area contributed by atoms with E-state index in [0.29, 0.717) is 6.61 Å². The third-order valence-corrected chi connectivity index (χ3v) is 4.17.